The van der Waals surface area contributed by atoms with Crippen LogP contribution >= 0.6 is 0 Å². The predicted molar refractivity (Wildman–Crippen MR) is 62.9 cm³/mol. The van der Waals surface area contributed by atoms with E-state index in [4.69, 9.17) is 5.26 Å². The summed E-state index contributed by atoms with van der Waals surface area (Å²) in [5.41, 5.74) is -0.239. The van der Waals surface area contributed by atoms with E-state index in [0.717, 1.165) is 0 Å². The maximum absolute atomic E-state index is 10.0. The second-order valence-electron chi connectivity index (χ2n) is 4.41. The van der Waals surface area contributed by atoms with Crippen LogP contribution in [0.3, 0.4) is 0 Å². The fraction of sp³-hybridized carbons (Fsp3) is 0.500. The van der Waals surface area contributed by atoms with Gasteiger partial charge in [0, 0.05) is 12.7 Å². The minimum Gasteiger partial charge on any atom is -0.388 e. The highest BCUT2D eigenvalue weighted by Gasteiger charge is 2.24. The van der Waals surface area contributed by atoms with Crippen LogP contribution < -0.4 is 5.32 Å². The van der Waals surface area contributed by atoms with E-state index in [2.05, 4.69) is 10.3 Å². The molecule has 1 aromatic rings. The summed E-state index contributed by atoms with van der Waals surface area (Å²) in [5.74, 6) is 0.832. The number of aromatic nitrogens is 1. The van der Waals surface area contributed by atoms with E-state index < -0.39 is 5.60 Å². The molecule has 1 atom stereocenters. The van der Waals surface area contributed by atoms with Crippen molar-refractivity contribution in [2.45, 2.75) is 26.4 Å². The molecule has 0 saturated heterocycles. The molecule has 0 radical (unpaired) electrons. The van der Waals surface area contributed by atoms with Crippen LogP contribution in [0.5, 0.6) is 0 Å². The van der Waals surface area contributed by atoms with E-state index in [1.54, 1.807) is 19.1 Å². The topological polar surface area (TPSA) is 68.9 Å². The van der Waals surface area contributed by atoms with Gasteiger partial charge < -0.3 is 10.4 Å². The highest BCUT2D eigenvalue weighted by molar-refractivity contribution is 5.39. The monoisotopic (exact) mass is 219 g/mol. The van der Waals surface area contributed by atoms with E-state index in [0.29, 0.717) is 17.9 Å². The van der Waals surface area contributed by atoms with Gasteiger partial charge in [0.25, 0.3) is 0 Å². The summed E-state index contributed by atoms with van der Waals surface area (Å²) in [6.45, 7) is 6.15. The molecule has 1 heterocycles. The van der Waals surface area contributed by atoms with E-state index >= 15 is 0 Å². The summed E-state index contributed by atoms with van der Waals surface area (Å²) in [7, 11) is 0. The molecule has 1 rings (SSSR count). The number of nitriles is 1. The molecule has 0 amide bonds. The van der Waals surface area contributed by atoms with Gasteiger partial charge in [0.05, 0.1) is 11.2 Å². The molecule has 16 heavy (non-hydrogen) atoms. The zero-order chi connectivity index (χ0) is 12.2. The van der Waals surface area contributed by atoms with E-state index in [1.165, 1.54) is 6.20 Å². The number of anilines is 1. The summed E-state index contributed by atoms with van der Waals surface area (Å²) >= 11 is 0. The standard InChI is InChI=1S/C12H17N3O/c1-9(2)12(3,16)8-15-11-5-4-10(6-13)7-14-11/h4-5,7,9,16H,8H2,1-3H3,(H,14,15)/t12-/m0/s1. The first-order chi connectivity index (χ1) is 7.45. The Bertz CT molecular complexity index is 376. The zero-order valence-electron chi connectivity index (χ0n) is 9.86. The molecule has 0 unspecified atom stereocenters. The lowest BCUT2D eigenvalue weighted by atomic mass is 9.93. The second kappa shape index (κ2) is 4.95. The van der Waals surface area contributed by atoms with Gasteiger partial charge in [-0.05, 0) is 25.0 Å². The third-order valence-corrected chi connectivity index (χ3v) is 2.76. The first-order valence-electron chi connectivity index (χ1n) is 5.28. The van der Waals surface area contributed by atoms with E-state index in [1.807, 2.05) is 19.9 Å². The van der Waals surface area contributed by atoms with Gasteiger partial charge in [-0.25, -0.2) is 4.98 Å². The molecule has 86 valence electrons. The first kappa shape index (κ1) is 12.5. The Labute approximate surface area is 95.9 Å². The molecule has 4 heteroatoms. The normalized spacial score (nSPS) is 14.2. The lowest BCUT2D eigenvalue weighted by Crippen LogP contribution is -2.38. The minimum atomic E-state index is -0.768. The van der Waals surface area contributed by atoms with Gasteiger partial charge in [-0.15, -0.1) is 0 Å². The molecule has 4 nitrogen and oxygen atoms in total. The number of nitrogens with one attached hydrogen (secondary N) is 1. The summed E-state index contributed by atoms with van der Waals surface area (Å²) in [4.78, 5) is 4.07. The van der Waals surface area contributed by atoms with Crippen molar-refractivity contribution in [1.29, 1.82) is 5.26 Å². The molecular formula is C12H17N3O. The smallest absolute Gasteiger partial charge is 0.126 e. The van der Waals surface area contributed by atoms with Gasteiger partial charge in [-0.3, -0.25) is 0 Å². The summed E-state index contributed by atoms with van der Waals surface area (Å²) in [5, 5.41) is 21.7. The van der Waals surface area contributed by atoms with Crippen molar-refractivity contribution in [2.75, 3.05) is 11.9 Å². The highest BCUT2D eigenvalue weighted by Crippen LogP contribution is 2.16. The van der Waals surface area contributed by atoms with Crippen molar-refractivity contribution in [3.05, 3.63) is 23.9 Å². The van der Waals surface area contributed by atoms with Crippen LogP contribution in [0.15, 0.2) is 18.3 Å². The molecule has 0 aromatic carbocycles. The maximum Gasteiger partial charge on any atom is 0.126 e. The molecule has 0 saturated carbocycles. The zero-order valence-corrected chi connectivity index (χ0v) is 9.86. The van der Waals surface area contributed by atoms with E-state index in [-0.39, 0.29) is 5.92 Å². The molecule has 1 aromatic heterocycles. The van der Waals surface area contributed by atoms with Gasteiger partial charge in [-0.1, -0.05) is 13.8 Å². The highest BCUT2D eigenvalue weighted by atomic mass is 16.3. The van der Waals surface area contributed by atoms with Crippen LogP contribution in [-0.4, -0.2) is 22.2 Å². The Balaban J connectivity index is 2.59. The van der Waals surface area contributed by atoms with Gasteiger partial charge in [0.15, 0.2) is 0 Å². The summed E-state index contributed by atoms with van der Waals surface area (Å²) in [6, 6.07) is 5.43. The summed E-state index contributed by atoms with van der Waals surface area (Å²) in [6.07, 6.45) is 1.51. The minimum absolute atomic E-state index is 0.165. The van der Waals surface area contributed by atoms with Crippen molar-refractivity contribution < 1.29 is 5.11 Å². The largest absolute Gasteiger partial charge is 0.388 e. The molecule has 2 N–H and O–H groups in total. The number of hydrogen-bond donors (Lipinski definition) is 2. The van der Waals surface area contributed by atoms with Crippen molar-refractivity contribution in [3.8, 4) is 6.07 Å². The number of aliphatic hydroxyl groups is 1. The van der Waals surface area contributed by atoms with Crippen molar-refractivity contribution in [1.82, 2.24) is 4.98 Å². The predicted octanol–water partition coefficient (Wildman–Crippen LogP) is 1.77. The third kappa shape index (κ3) is 3.21. The lowest BCUT2D eigenvalue weighted by Gasteiger charge is -2.28. The SMILES string of the molecule is CC(C)[C@@](C)(O)CNc1ccc(C#N)cn1. The first-order valence-corrected chi connectivity index (χ1v) is 5.28. The van der Waals surface area contributed by atoms with Crippen molar-refractivity contribution in [2.24, 2.45) is 5.92 Å². The van der Waals surface area contributed by atoms with E-state index in [9.17, 15) is 5.11 Å². The number of pyridine rings is 1. The van der Waals surface area contributed by atoms with Crippen LogP contribution in [0.2, 0.25) is 0 Å². The molecule has 0 spiro atoms. The van der Waals surface area contributed by atoms with Gasteiger partial charge in [0.1, 0.15) is 11.9 Å². The second-order valence-corrected chi connectivity index (χ2v) is 4.41. The van der Waals surface area contributed by atoms with Gasteiger partial charge in [-0.2, -0.15) is 5.26 Å². The van der Waals surface area contributed by atoms with Crippen molar-refractivity contribution in [3.63, 3.8) is 0 Å². The molecule has 0 aliphatic heterocycles. The Hall–Kier alpha value is -1.60. The summed E-state index contributed by atoms with van der Waals surface area (Å²) < 4.78 is 0. The molecule has 0 aliphatic rings. The van der Waals surface area contributed by atoms with Crippen LogP contribution in [-0.2, 0) is 0 Å². The lowest BCUT2D eigenvalue weighted by molar-refractivity contribution is 0.0265. The average molecular weight is 219 g/mol. The van der Waals surface area contributed by atoms with Crippen LogP contribution in [0.4, 0.5) is 5.82 Å². The quantitative estimate of drug-likeness (QED) is 0.809. The Morgan fingerprint density at radius 3 is 2.69 bits per heavy atom. The molecular weight excluding hydrogens is 202 g/mol. The Morgan fingerprint density at radius 2 is 2.25 bits per heavy atom. The van der Waals surface area contributed by atoms with Gasteiger partial charge in [0.2, 0.25) is 0 Å². The maximum atomic E-state index is 10.0. The fourth-order valence-electron chi connectivity index (χ4n) is 1.04. The number of nitrogens with zero attached hydrogens (tertiary/aromatic N) is 2. The average Bonchev–Trinajstić information content (AvgIpc) is 2.27. The van der Waals surface area contributed by atoms with Crippen molar-refractivity contribution >= 4 is 5.82 Å². The fourth-order valence-corrected chi connectivity index (χ4v) is 1.04. The van der Waals surface area contributed by atoms with Gasteiger partial charge >= 0.3 is 0 Å². The molecule has 0 bridgehead atoms. The molecule has 0 fully saturated rings. The molecule has 0 aliphatic carbocycles. The van der Waals surface area contributed by atoms with Crippen LogP contribution in [0.25, 0.3) is 0 Å². The van der Waals surface area contributed by atoms with Crippen LogP contribution in [0, 0.1) is 17.2 Å². The third-order valence-electron chi connectivity index (χ3n) is 2.76. The Kier molecular flexibility index (Phi) is 3.86. The number of rotatable bonds is 4. The van der Waals surface area contributed by atoms with Crippen LogP contribution in [0.1, 0.15) is 26.3 Å². The Morgan fingerprint density at radius 1 is 1.56 bits per heavy atom. The number of hydrogen-bond acceptors (Lipinski definition) is 4.